The largest absolute Gasteiger partial charge is 0.359 e. The monoisotopic (exact) mass is 240 g/mol. The van der Waals surface area contributed by atoms with Gasteiger partial charge in [-0.3, -0.25) is 4.79 Å². The summed E-state index contributed by atoms with van der Waals surface area (Å²) < 4.78 is 0. The van der Waals surface area contributed by atoms with Crippen LogP contribution >= 0.6 is 11.6 Å². The first-order chi connectivity index (χ1) is 7.63. The van der Waals surface area contributed by atoms with Crippen molar-refractivity contribution >= 4 is 17.5 Å². The second-order valence-electron chi connectivity index (χ2n) is 3.68. The van der Waals surface area contributed by atoms with E-state index in [9.17, 15) is 4.79 Å². The number of rotatable bonds is 5. The van der Waals surface area contributed by atoms with Crippen LogP contribution in [0.15, 0.2) is 18.2 Å². The fraction of sp³-hybridized carbons (Fsp3) is 0.417. The number of nitrogens with one attached hydrogen (secondary N) is 2. The van der Waals surface area contributed by atoms with Crippen LogP contribution < -0.4 is 10.6 Å². The Bertz CT molecular complexity index is 366. The lowest BCUT2D eigenvalue weighted by molar-refractivity contribution is -0.120. The third-order valence-electron chi connectivity index (χ3n) is 2.37. The molecule has 0 radical (unpaired) electrons. The third kappa shape index (κ3) is 4.21. The number of aryl methyl sites for hydroxylation is 1. The molecule has 2 N–H and O–H groups in total. The summed E-state index contributed by atoms with van der Waals surface area (Å²) in [6, 6.07) is 5.98. The van der Waals surface area contributed by atoms with Gasteiger partial charge in [-0.15, -0.1) is 0 Å². The molecule has 0 aromatic heterocycles. The minimum absolute atomic E-state index is 0.0504. The van der Waals surface area contributed by atoms with Crippen molar-refractivity contribution in [3.05, 3.63) is 34.3 Å². The first-order valence-corrected chi connectivity index (χ1v) is 5.67. The predicted octanol–water partition coefficient (Wildman–Crippen LogP) is 1.87. The second kappa shape index (κ2) is 6.51. The average Bonchev–Trinajstić information content (AvgIpc) is 2.28. The smallest absolute Gasteiger partial charge is 0.221 e. The number of benzene rings is 1. The summed E-state index contributed by atoms with van der Waals surface area (Å²) in [5.74, 6) is 0.0504. The highest BCUT2D eigenvalue weighted by Crippen LogP contribution is 2.16. The fourth-order valence-corrected chi connectivity index (χ4v) is 1.51. The molecule has 3 nitrogen and oxygen atoms in total. The van der Waals surface area contributed by atoms with Crippen LogP contribution in [-0.4, -0.2) is 19.5 Å². The molecule has 4 heteroatoms. The SMILES string of the molecule is CNC(=O)CCNCc1ccc(C)c(Cl)c1. The predicted molar refractivity (Wildman–Crippen MR) is 66.6 cm³/mol. The van der Waals surface area contributed by atoms with Crippen molar-refractivity contribution in [1.82, 2.24) is 10.6 Å². The third-order valence-corrected chi connectivity index (χ3v) is 2.78. The van der Waals surface area contributed by atoms with E-state index in [2.05, 4.69) is 10.6 Å². The molecule has 0 unspecified atom stereocenters. The molecular formula is C12H17ClN2O. The van der Waals surface area contributed by atoms with Crippen LogP contribution in [0.2, 0.25) is 5.02 Å². The Kier molecular flexibility index (Phi) is 5.29. The topological polar surface area (TPSA) is 41.1 Å². The maximum absolute atomic E-state index is 10.9. The van der Waals surface area contributed by atoms with Crippen LogP contribution in [0, 0.1) is 6.92 Å². The quantitative estimate of drug-likeness (QED) is 0.772. The zero-order valence-electron chi connectivity index (χ0n) is 9.64. The summed E-state index contributed by atoms with van der Waals surface area (Å²) >= 11 is 6.01. The number of halogens is 1. The Hall–Kier alpha value is -1.06. The normalized spacial score (nSPS) is 10.2. The maximum Gasteiger partial charge on any atom is 0.221 e. The van der Waals surface area contributed by atoms with E-state index in [1.807, 2.05) is 25.1 Å². The van der Waals surface area contributed by atoms with Crippen molar-refractivity contribution in [3.8, 4) is 0 Å². The van der Waals surface area contributed by atoms with Gasteiger partial charge in [0.25, 0.3) is 0 Å². The zero-order valence-corrected chi connectivity index (χ0v) is 10.4. The van der Waals surface area contributed by atoms with Crippen LogP contribution in [0.5, 0.6) is 0 Å². The van der Waals surface area contributed by atoms with Crippen molar-refractivity contribution in [2.75, 3.05) is 13.6 Å². The highest BCUT2D eigenvalue weighted by atomic mass is 35.5. The molecule has 1 aromatic carbocycles. The van der Waals surface area contributed by atoms with Gasteiger partial charge >= 0.3 is 0 Å². The molecule has 0 aliphatic heterocycles. The van der Waals surface area contributed by atoms with E-state index in [-0.39, 0.29) is 5.91 Å². The molecule has 0 saturated carbocycles. The molecule has 1 rings (SSSR count). The Morgan fingerprint density at radius 1 is 1.44 bits per heavy atom. The molecule has 1 amide bonds. The lowest BCUT2D eigenvalue weighted by Crippen LogP contribution is -2.24. The van der Waals surface area contributed by atoms with Crippen LogP contribution in [0.25, 0.3) is 0 Å². The number of hydrogen-bond donors (Lipinski definition) is 2. The van der Waals surface area contributed by atoms with E-state index < -0.39 is 0 Å². The molecule has 0 heterocycles. The molecule has 0 aliphatic rings. The minimum Gasteiger partial charge on any atom is -0.359 e. The van der Waals surface area contributed by atoms with E-state index in [0.29, 0.717) is 13.0 Å². The number of hydrogen-bond acceptors (Lipinski definition) is 2. The van der Waals surface area contributed by atoms with Crippen molar-refractivity contribution in [2.24, 2.45) is 0 Å². The summed E-state index contributed by atoms with van der Waals surface area (Å²) in [6.45, 7) is 3.38. The lowest BCUT2D eigenvalue weighted by atomic mass is 10.1. The van der Waals surface area contributed by atoms with Gasteiger partial charge in [0.2, 0.25) is 5.91 Å². The second-order valence-corrected chi connectivity index (χ2v) is 4.09. The Balaban J connectivity index is 2.32. The molecule has 0 fully saturated rings. The molecule has 0 spiro atoms. The highest BCUT2D eigenvalue weighted by molar-refractivity contribution is 6.31. The first-order valence-electron chi connectivity index (χ1n) is 5.30. The van der Waals surface area contributed by atoms with Crippen LogP contribution in [0.1, 0.15) is 17.5 Å². The number of amides is 1. The Labute approximate surface area is 101 Å². The molecule has 0 atom stereocenters. The summed E-state index contributed by atoms with van der Waals surface area (Å²) in [4.78, 5) is 10.9. The standard InChI is InChI=1S/C12H17ClN2O/c1-9-3-4-10(7-11(9)13)8-15-6-5-12(16)14-2/h3-4,7,15H,5-6,8H2,1-2H3,(H,14,16). The van der Waals surface area contributed by atoms with Crippen LogP contribution in [-0.2, 0) is 11.3 Å². The molecule has 88 valence electrons. The van der Waals surface area contributed by atoms with E-state index in [4.69, 9.17) is 11.6 Å². The van der Waals surface area contributed by atoms with E-state index in [0.717, 1.165) is 22.7 Å². The van der Waals surface area contributed by atoms with Gasteiger partial charge in [-0.05, 0) is 24.1 Å². The first kappa shape index (κ1) is 13.0. The van der Waals surface area contributed by atoms with Crippen molar-refractivity contribution in [1.29, 1.82) is 0 Å². The lowest BCUT2D eigenvalue weighted by Gasteiger charge is -2.06. The molecule has 0 aliphatic carbocycles. The highest BCUT2D eigenvalue weighted by Gasteiger charge is 1.99. The van der Waals surface area contributed by atoms with E-state index in [1.165, 1.54) is 0 Å². The van der Waals surface area contributed by atoms with Crippen molar-refractivity contribution in [2.45, 2.75) is 19.9 Å². The van der Waals surface area contributed by atoms with Gasteiger partial charge in [0.1, 0.15) is 0 Å². The summed E-state index contributed by atoms with van der Waals surface area (Å²) in [5, 5.41) is 6.56. The summed E-state index contributed by atoms with van der Waals surface area (Å²) in [7, 11) is 1.64. The van der Waals surface area contributed by atoms with Crippen LogP contribution in [0.4, 0.5) is 0 Å². The van der Waals surface area contributed by atoms with Gasteiger partial charge in [0.05, 0.1) is 0 Å². The number of carbonyl (C=O) groups is 1. The molecule has 0 bridgehead atoms. The fourth-order valence-electron chi connectivity index (χ4n) is 1.31. The molecule has 1 aromatic rings. The molecule has 0 saturated heterocycles. The van der Waals surface area contributed by atoms with Gasteiger partial charge in [-0.2, -0.15) is 0 Å². The van der Waals surface area contributed by atoms with Gasteiger partial charge in [-0.1, -0.05) is 23.7 Å². The van der Waals surface area contributed by atoms with Gasteiger partial charge in [0.15, 0.2) is 0 Å². The van der Waals surface area contributed by atoms with Gasteiger partial charge in [0, 0.05) is 31.6 Å². The molecule has 16 heavy (non-hydrogen) atoms. The molecular weight excluding hydrogens is 224 g/mol. The van der Waals surface area contributed by atoms with Gasteiger partial charge < -0.3 is 10.6 Å². The van der Waals surface area contributed by atoms with Gasteiger partial charge in [-0.25, -0.2) is 0 Å². The van der Waals surface area contributed by atoms with Crippen molar-refractivity contribution < 1.29 is 4.79 Å². The maximum atomic E-state index is 10.9. The minimum atomic E-state index is 0.0504. The zero-order chi connectivity index (χ0) is 12.0. The van der Waals surface area contributed by atoms with E-state index >= 15 is 0 Å². The van der Waals surface area contributed by atoms with E-state index in [1.54, 1.807) is 7.05 Å². The van der Waals surface area contributed by atoms with Crippen LogP contribution in [0.3, 0.4) is 0 Å². The Morgan fingerprint density at radius 2 is 2.19 bits per heavy atom. The Morgan fingerprint density at radius 3 is 2.81 bits per heavy atom. The van der Waals surface area contributed by atoms with Crippen molar-refractivity contribution in [3.63, 3.8) is 0 Å². The number of carbonyl (C=O) groups excluding carboxylic acids is 1. The summed E-state index contributed by atoms with van der Waals surface area (Å²) in [6.07, 6.45) is 0.496. The summed E-state index contributed by atoms with van der Waals surface area (Å²) in [5.41, 5.74) is 2.21. The average molecular weight is 241 g/mol.